The highest BCUT2D eigenvalue weighted by Crippen LogP contribution is 2.25. The molecule has 0 aromatic carbocycles. The molecule has 0 saturated carbocycles. The zero-order valence-electron chi connectivity index (χ0n) is 7.97. The van der Waals surface area contributed by atoms with Gasteiger partial charge in [0.1, 0.15) is 12.1 Å². The fourth-order valence-corrected chi connectivity index (χ4v) is 1.51. The molecule has 1 heterocycles. The van der Waals surface area contributed by atoms with Crippen molar-refractivity contribution in [3.63, 3.8) is 0 Å². The zero-order valence-corrected chi connectivity index (χ0v) is 7.97. The first-order valence-corrected chi connectivity index (χ1v) is 4.24. The average Bonchev–Trinajstić information content (AvgIpc) is 2.28. The lowest BCUT2D eigenvalue weighted by atomic mass is 9.99. The summed E-state index contributed by atoms with van der Waals surface area (Å²) in [7, 11) is 1.49. The molecule has 0 bridgehead atoms. The summed E-state index contributed by atoms with van der Waals surface area (Å²) in [4.78, 5) is 12.3. The lowest BCUT2D eigenvalue weighted by molar-refractivity contribution is -0.0992. The van der Waals surface area contributed by atoms with Crippen molar-refractivity contribution in [1.82, 2.24) is 4.90 Å². The van der Waals surface area contributed by atoms with Gasteiger partial charge in [-0.3, -0.25) is 4.90 Å². The van der Waals surface area contributed by atoms with Gasteiger partial charge in [0.15, 0.2) is 6.29 Å². The number of carbonyl (C=O) groups is 1. The molecule has 13 heavy (non-hydrogen) atoms. The molecule has 0 aromatic rings. The van der Waals surface area contributed by atoms with Crippen molar-refractivity contribution in [2.24, 2.45) is 5.92 Å². The summed E-state index contributed by atoms with van der Waals surface area (Å²) in [6, 6.07) is -0.660. The van der Waals surface area contributed by atoms with Crippen LogP contribution in [0, 0.1) is 5.92 Å². The van der Waals surface area contributed by atoms with Gasteiger partial charge in [-0.25, -0.2) is 4.79 Å². The highest BCUT2D eigenvalue weighted by atomic mass is 16.6. The van der Waals surface area contributed by atoms with Crippen LogP contribution in [0.25, 0.3) is 0 Å². The van der Waals surface area contributed by atoms with Gasteiger partial charge in [-0.05, 0) is 5.92 Å². The number of aliphatic hydroxyl groups is 2. The van der Waals surface area contributed by atoms with Gasteiger partial charge in [-0.2, -0.15) is 0 Å². The third-order valence-corrected chi connectivity index (χ3v) is 2.27. The Balaban J connectivity index is 2.80. The summed E-state index contributed by atoms with van der Waals surface area (Å²) in [5.41, 5.74) is 0. The summed E-state index contributed by atoms with van der Waals surface area (Å²) >= 11 is 0. The molecule has 1 aliphatic rings. The average molecular weight is 189 g/mol. The van der Waals surface area contributed by atoms with Crippen molar-refractivity contribution in [3.05, 3.63) is 0 Å². The normalized spacial score (nSPS) is 28.8. The standard InChI is InChI=1S/C8H15NO4/c1-4(2)6-5(7(10)11)9(3)8(12)13-6/h4-7,10-11H,1-3H3. The number of aliphatic hydroxyl groups excluding tert-OH is 1. The van der Waals surface area contributed by atoms with E-state index in [2.05, 4.69) is 0 Å². The van der Waals surface area contributed by atoms with Crippen LogP contribution in [0.5, 0.6) is 0 Å². The van der Waals surface area contributed by atoms with Crippen molar-refractivity contribution in [3.8, 4) is 0 Å². The van der Waals surface area contributed by atoms with E-state index in [4.69, 9.17) is 14.9 Å². The Hall–Kier alpha value is -0.810. The molecule has 5 nitrogen and oxygen atoms in total. The number of hydrogen-bond donors (Lipinski definition) is 2. The first-order valence-electron chi connectivity index (χ1n) is 4.24. The monoisotopic (exact) mass is 189 g/mol. The van der Waals surface area contributed by atoms with Gasteiger partial charge in [0.25, 0.3) is 0 Å². The van der Waals surface area contributed by atoms with Gasteiger partial charge in [0.05, 0.1) is 0 Å². The Morgan fingerprint density at radius 2 is 2.00 bits per heavy atom. The third kappa shape index (κ3) is 1.76. The van der Waals surface area contributed by atoms with E-state index in [-0.39, 0.29) is 5.92 Å². The minimum Gasteiger partial charge on any atom is -0.443 e. The van der Waals surface area contributed by atoms with E-state index in [1.54, 1.807) is 0 Å². The molecule has 0 radical (unpaired) electrons. The highest BCUT2D eigenvalue weighted by Gasteiger charge is 2.44. The smallest absolute Gasteiger partial charge is 0.410 e. The Kier molecular flexibility index (Phi) is 2.77. The molecule has 0 aliphatic carbocycles. The summed E-state index contributed by atoms with van der Waals surface area (Å²) in [6.45, 7) is 3.74. The second kappa shape index (κ2) is 3.51. The molecule has 76 valence electrons. The number of nitrogens with zero attached hydrogens (tertiary/aromatic N) is 1. The quantitative estimate of drug-likeness (QED) is 0.589. The molecule has 1 fully saturated rings. The number of cyclic esters (lactones) is 1. The molecule has 1 amide bonds. The molecule has 2 N–H and O–H groups in total. The predicted octanol–water partition coefficient (Wildman–Crippen LogP) is -0.228. The van der Waals surface area contributed by atoms with Gasteiger partial charge in [-0.15, -0.1) is 0 Å². The van der Waals surface area contributed by atoms with Gasteiger partial charge in [-0.1, -0.05) is 13.8 Å². The number of likely N-dealkylation sites (N-methyl/N-ethyl adjacent to an activating group) is 1. The Labute approximate surface area is 76.9 Å². The molecule has 0 aromatic heterocycles. The van der Waals surface area contributed by atoms with E-state index in [9.17, 15) is 4.79 Å². The minimum absolute atomic E-state index is 0.0701. The second-order valence-corrected chi connectivity index (χ2v) is 3.61. The fraction of sp³-hybridized carbons (Fsp3) is 0.875. The van der Waals surface area contributed by atoms with Gasteiger partial charge >= 0.3 is 6.09 Å². The van der Waals surface area contributed by atoms with Crippen LogP contribution in [0.1, 0.15) is 13.8 Å². The zero-order chi connectivity index (χ0) is 10.2. The molecular formula is C8H15NO4. The Bertz CT molecular complexity index is 204. The van der Waals surface area contributed by atoms with Crippen LogP contribution in [0.2, 0.25) is 0 Å². The lowest BCUT2D eigenvalue weighted by Gasteiger charge is -2.24. The van der Waals surface area contributed by atoms with E-state index >= 15 is 0 Å². The lowest BCUT2D eigenvalue weighted by Crippen LogP contribution is -2.45. The predicted molar refractivity (Wildman–Crippen MR) is 44.9 cm³/mol. The van der Waals surface area contributed by atoms with Crippen molar-refractivity contribution in [2.75, 3.05) is 7.05 Å². The van der Waals surface area contributed by atoms with Crippen LogP contribution in [-0.4, -0.2) is 46.7 Å². The van der Waals surface area contributed by atoms with Crippen LogP contribution in [0.15, 0.2) is 0 Å². The van der Waals surface area contributed by atoms with Gasteiger partial charge in [0.2, 0.25) is 0 Å². The van der Waals surface area contributed by atoms with Crippen molar-refractivity contribution < 1.29 is 19.7 Å². The number of amides is 1. The van der Waals surface area contributed by atoms with Crippen molar-refractivity contribution >= 4 is 6.09 Å². The fourth-order valence-electron chi connectivity index (χ4n) is 1.51. The third-order valence-electron chi connectivity index (χ3n) is 2.27. The number of ether oxygens (including phenoxy) is 1. The van der Waals surface area contributed by atoms with E-state index in [0.717, 1.165) is 0 Å². The maximum atomic E-state index is 11.1. The molecule has 5 heteroatoms. The van der Waals surface area contributed by atoms with Crippen LogP contribution in [-0.2, 0) is 4.74 Å². The Morgan fingerprint density at radius 3 is 2.31 bits per heavy atom. The van der Waals surface area contributed by atoms with Crippen molar-refractivity contribution in [1.29, 1.82) is 0 Å². The van der Waals surface area contributed by atoms with E-state index in [0.29, 0.717) is 0 Å². The van der Waals surface area contributed by atoms with Gasteiger partial charge in [0, 0.05) is 7.05 Å². The van der Waals surface area contributed by atoms with Crippen molar-refractivity contribution in [2.45, 2.75) is 32.3 Å². The number of rotatable bonds is 2. The van der Waals surface area contributed by atoms with Crippen LogP contribution < -0.4 is 0 Å². The summed E-state index contributed by atoms with van der Waals surface area (Å²) < 4.78 is 4.98. The van der Waals surface area contributed by atoms with E-state index in [1.807, 2.05) is 13.8 Å². The minimum atomic E-state index is -1.55. The van der Waals surface area contributed by atoms with Gasteiger partial charge < -0.3 is 14.9 Å². The van der Waals surface area contributed by atoms with E-state index in [1.165, 1.54) is 11.9 Å². The first-order chi connectivity index (χ1) is 5.95. The molecule has 1 aliphatic heterocycles. The largest absolute Gasteiger partial charge is 0.443 e. The second-order valence-electron chi connectivity index (χ2n) is 3.61. The molecular weight excluding hydrogens is 174 g/mol. The molecule has 0 spiro atoms. The summed E-state index contributed by atoms with van der Waals surface area (Å²) in [5.74, 6) is 0.0701. The first kappa shape index (κ1) is 10.3. The molecule has 2 atom stereocenters. The summed E-state index contributed by atoms with van der Waals surface area (Å²) in [5, 5.41) is 18.1. The van der Waals surface area contributed by atoms with E-state index < -0.39 is 24.5 Å². The number of hydrogen-bond acceptors (Lipinski definition) is 4. The maximum absolute atomic E-state index is 11.1. The molecule has 2 unspecified atom stereocenters. The van der Waals surface area contributed by atoms with Crippen LogP contribution in [0.4, 0.5) is 4.79 Å². The topological polar surface area (TPSA) is 70.0 Å². The maximum Gasteiger partial charge on any atom is 0.410 e. The van der Waals surface area contributed by atoms with Crippen LogP contribution >= 0.6 is 0 Å². The summed E-state index contributed by atoms with van der Waals surface area (Å²) in [6.07, 6.45) is -2.50. The van der Waals surface area contributed by atoms with Crippen LogP contribution in [0.3, 0.4) is 0 Å². The molecule has 1 saturated heterocycles. The molecule has 1 rings (SSSR count). The Morgan fingerprint density at radius 1 is 1.46 bits per heavy atom. The number of carbonyl (C=O) groups excluding carboxylic acids is 1. The SMILES string of the molecule is CC(C)C1OC(=O)N(C)C1C(O)O. The highest BCUT2D eigenvalue weighted by molar-refractivity contribution is 5.70.